The van der Waals surface area contributed by atoms with Crippen LogP contribution < -0.4 is 5.32 Å². The van der Waals surface area contributed by atoms with E-state index in [-0.39, 0.29) is 6.04 Å². The molecule has 2 nitrogen and oxygen atoms in total. The summed E-state index contributed by atoms with van der Waals surface area (Å²) in [4.78, 5) is 0. The van der Waals surface area contributed by atoms with Crippen molar-refractivity contribution >= 4 is 11.6 Å². The topological polar surface area (TPSA) is 25.2 Å². The number of halogens is 1. The van der Waals surface area contributed by atoms with Crippen LogP contribution in [-0.2, 0) is 6.42 Å². The average Bonchev–Trinajstić information content (AvgIpc) is 2.83. The molecule has 0 radical (unpaired) electrons. The zero-order valence-electron chi connectivity index (χ0n) is 11.4. The standard InChI is InChI=1S/C16H20ClNO/c1-3-10-18-14(15-8-9-16(17)19-15)11-13-7-5-4-6-12(13)2/h4-9,14,18H,3,10-11H2,1-2H3. The monoisotopic (exact) mass is 277 g/mol. The molecule has 0 saturated carbocycles. The molecular weight excluding hydrogens is 258 g/mol. The van der Waals surface area contributed by atoms with Crippen LogP contribution in [0.3, 0.4) is 0 Å². The van der Waals surface area contributed by atoms with Gasteiger partial charge in [0.2, 0.25) is 0 Å². The van der Waals surface area contributed by atoms with Crippen molar-refractivity contribution in [1.82, 2.24) is 5.32 Å². The first-order chi connectivity index (χ1) is 9.20. The number of aryl methyl sites for hydroxylation is 1. The van der Waals surface area contributed by atoms with Crippen LogP contribution in [0.15, 0.2) is 40.8 Å². The van der Waals surface area contributed by atoms with Crippen LogP contribution in [0.25, 0.3) is 0 Å². The van der Waals surface area contributed by atoms with Crippen molar-refractivity contribution in [2.75, 3.05) is 6.54 Å². The summed E-state index contributed by atoms with van der Waals surface area (Å²) in [5.74, 6) is 0.904. The van der Waals surface area contributed by atoms with E-state index in [1.54, 1.807) is 6.07 Å². The summed E-state index contributed by atoms with van der Waals surface area (Å²) in [6, 6.07) is 12.4. The summed E-state index contributed by atoms with van der Waals surface area (Å²) in [6.45, 7) is 5.27. The smallest absolute Gasteiger partial charge is 0.193 e. The van der Waals surface area contributed by atoms with Gasteiger partial charge in [0.05, 0.1) is 6.04 Å². The maximum atomic E-state index is 5.88. The highest BCUT2D eigenvalue weighted by atomic mass is 35.5. The number of benzene rings is 1. The minimum Gasteiger partial charge on any atom is -0.448 e. The summed E-state index contributed by atoms with van der Waals surface area (Å²) in [6.07, 6.45) is 2.01. The van der Waals surface area contributed by atoms with E-state index in [1.807, 2.05) is 6.07 Å². The van der Waals surface area contributed by atoms with Gasteiger partial charge in [-0.25, -0.2) is 0 Å². The predicted molar refractivity (Wildman–Crippen MR) is 79.6 cm³/mol. The lowest BCUT2D eigenvalue weighted by atomic mass is 9.99. The van der Waals surface area contributed by atoms with E-state index in [0.717, 1.165) is 25.1 Å². The molecule has 1 heterocycles. The van der Waals surface area contributed by atoms with Crippen molar-refractivity contribution in [1.29, 1.82) is 0 Å². The summed E-state index contributed by atoms with van der Waals surface area (Å²) in [5.41, 5.74) is 2.65. The van der Waals surface area contributed by atoms with Crippen molar-refractivity contribution in [2.45, 2.75) is 32.7 Å². The summed E-state index contributed by atoms with van der Waals surface area (Å²) in [5, 5.41) is 3.97. The Hall–Kier alpha value is -1.25. The largest absolute Gasteiger partial charge is 0.448 e. The first kappa shape index (κ1) is 14.2. The van der Waals surface area contributed by atoms with Gasteiger partial charge in [0, 0.05) is 0 Å². The molecule has 0 amide bonds. The van der Waals surface area contributed by atoms with Gasteiger partial charge in [-0.3, -0.25) is 0 Å². The third-order valence-electron chi connectivity index (χ3n) is 3.26. The molecular formula is C16H20ClNO. The molecule has 1 N–H and O–H groups in total. The van der Waals surface area contributed by atoms with E-state index in [1.165, 1.54) is 11.1 Å². The minimum atomic E-state index is 0.175. The Morgan fingerprint density at radius 3 is 2.63 bits per heavy atom. The Balaban J connectivity index is 2.16. The van der Waals surface area contributed by atoms with Crippen molar-refractivity contribution in [3.05, 3.63) is 58.5 Å². The highest BCUT2D eigenvalue weighted by Gasteiger charge is 2.16. The first-order valence-corrected chi connectivity index (χ1v) is 7.11. The van der Waals surface area contributed by atoms with Gasteiger partial charge in [-0.05, 0) is 61.2 Å². The molecule has 1 aromatic carbocycles. The third-order valence-corrected chi connectivity index (χ3v) is 3.47. The molecule has 0 fully saturated rings. The van der Waals surface area contributed by atoms with Gasteiger partial charge < -0.3 is 9.73 Å². The zero-order valence-corrected chi connectivity index (χ0v) is 12.2. The van der Waals surface area contributed by atoms with E-state index in [4.69, 9.17) is 16.0 Å². The number of hydrogen-bond acceptors (Lipinski definition) is 2. The number of furan rings is 1. The molecule has 1 unspecified atom stereocenters. The van der Waals surface area contributed by atoms with E-state index >= 15 is 0 Å². The predicted octanol–water partition coefficient (Wildman–Crippen LogP) is 4.52. The SMILES string of the molecule is CCCNC(Cc1ccccc1C)c1ccc(Cl)o1. The van der Waals surface area contributed by atoms with Crippen molar-refractivity contribution in [3.63, 3.8) is 0 Å². The molecule has 102 valence electrons. The average molecular weight is 278 g/mol. The Bertz CT molecular complexity index is 521. The van der Waals surface area contributed by atoms with Crippen LogP contribution in [0.1, 0.15) is 36.3 Å². The second-order valence-electron chi connectivity index (χ2n) is 4.78. The Morgan fingerprint density at radius 1 is 1.21 bits per heavy atom. The fourth-order valence-electron chi connectivity index (χ4n) is 2.17. The molecule has 0 aliphatic carbocycles. The summed E-state index contributed by atoms with van der Waals surface area (Å²) < 4.78 is 5.56. The molecule has 0 spiro atoms. The molecule has 0 saturated heterocycles. The van der Waals surface area contributed by atoms with Gasteiger partial charge in [0.1, 0.15) is 5.76 Å². The van der Waals surface area contributed by atoms with Gasteiger partial charge in [0.25, 0.3) is 0 Å². The molecule has 2 rings (SSSR count). The van der Waals surface area contributed by atoms with Crippen LogP contribution >= 0.6 is 11.6 Å². The number of hydrogen-bond donors (Lipinski definition) is 1. The van der Waals surface area contributed by atoms with E-state index in [2.05, 4.69) is 43.4 Å². The van der Waals surface area contributed by atoms with Gasteiger partial charge in [-0.1, -0.05) is 31.2 Å². The normalized spacial score (nSPS) is 12.6. The van der Waals surface area contributed by atoms with Crippen LogP contribution in [0.4, 0.5) is 0 Å². The highest BCUT2D eigenvalue weighted by Crippen LogP contribution is 2.24. The molecule has 1 aromatic heterocycles. The highest BCUT2D eigenvalue weighted by molar-refractivity contribution is 6.28. The van der Waals surface area contributed by atoms with Crippen molar-refractivity contribution in [2.24, 2.45) is 0 Å². The van der Waals surface area contributed by atoms with Crippen molar-refractivity contribution in [3.8, 4) is 0 Å². The lowest BCUT2D eigenvalue weighted by Crippen LogP contribution is -2.24. The Labute approximate surface area is 119 Å². The lowest BCUT2D eigenvalue weighted by Gasteiger charge is -2.17. The second kappa shape index (κ2) is 6.78. The molecule has 1 atom stereocenters. The van der Waals surface area contributed by atoms with Gasteiger partial charge in [-0.2, -0.15) is 0 Å². The maximum Gasteiger partial charge on any atom is 0.193 e. The van der Waals surface area contributed by atoms with Crippen LogP contribution in [0.2, 0.25) is 5.22 Å². The molecule has 3 heteroatoms. The molecule has 2 aromatic rings. The quantitative estimate of drug-likeness (QED) is 0.839. The second-order valence-corrected chi connectivity index (χ2v) is 5.15. The fourth-order valence-corrected chi connectivity index (χ4v) is 2.32. The zero-order chi connectivity index (χ0) is 13.7. The Kier molecular flexibility index (Phi) is 5.06. The lowest BCUT2D eigenvalue weighted by molar-refractivity contribution is 0.411. The van der Waals surface area contributed by atoms with E-state index in [0.29, 0.717) is 5.22 Å². The summed E-state index contributed by atoms with van der Waals surface area (Å²) in [7, 11) is 0. The minimum absolute atomic E-state index is 0.175. The van der Waals surface area contributed by atoms with Gasteiger partial charge in [-0.15, -0.1) is 0 Å². The first-order valence-electron chi connectivity index (χ1n) is 6.74. The van der Waals surface area contributed by atoms with Crippen LogP contribution in [-0.4, -0.2) is 6.54 Å². The Morgan fingerprint density at radius 2 is 2.00 bits per heavy atom. The molecule has 0 aliphatic rings. The fraction of sp³-hybridized carbons (Fsp3) is 0.375. The molecule has 0 bridgehead atoms. The number of rotatable bonds is 6. The van der Waals surface area contributed by atoms with Gasteiger partial charge >= 0.3 is 0 Å². The summed E-state index contributed by atoms with van der Waals surface area (Å²) >= 11 is 5.88. The van der Waals surface area contributed by atoms with Gasteiger partial charge in [0.15, 0.2) is 5.22 Å². The van der Waals surface area contributed by atoms with E-state index in [9.17, 15) is 0 Å². The van der Waals surface area contributed by atoms with Crippen molar-refractivity contribution < 1.29 is 4.42 Å². The number of nitrogens with one attached hydrogen (secondary N) is 1. The molecule has 19 heavy (non-hydrogen) atoms. The third kappa shape index (κ3) is 3.85. The molecule has 0 aliphatic heterocycles. The van der Waals surface area contributed by atoms with E-state index < -0.39 is 0 Å². The van der Waals surface area contributed by atoms with Crippen LogP contribution in [0.5, 0.6) is 0 Å². The maximum absolute atomic E-state index is 5.88. The van der Waals surface area contributed by atoms with Crippen LogP contribution in [0, 0.1) is 6.92 Å².